The van der Waals surface area contributed by atoms with E-state index in [1.54, 1.807) is 0 Å². The third kappa shape index (κ3) is 4.45. The lowest BCUT2D eigenvalue weighted by Crippen LogP contribution is -2.37. The molecule has 0 aromatic heterocycles. The van der Waals surface area contributed by atoms with Gasteiger partial charge in [0.25, 0.3) is 0 Å². The van der Waals surface area contributed by atoms with Crippen LogP contribution in [0.15, 0.2) is 30.3 Å². The van der Waals surface area contributed by atoms with E-state index in [0.29, 0.717) is 6.54 Å². The minimum atomic E-state index is -1.17. The van der Waals surface area contributed by atoms with Crippen LogP contribution in [0.2, 0.25) is 0 Å². The summed E-state index contributed by atoms with van der Waals surface area (Å²) >= 11 is 0. The molecule has 0 radical (unpaired) electrons. The summed E-state index contributed by atoms with van der Waals surface area (Å²) in [5, 5.41) is 0. The zero-order chi connectivity index (χ0) is 19.6. The lowest BCUT2D eigenvalue weighted by atomic mass is 9.97. The van der Waals surface area contributed by atoms with Crippen molar-refractivity contribution in [2.75, 3.05) is 33.7 Å². The Kier molecular flexibility index (Phi) is 6.07. The molecule has 0 bridgehead atoms. The highest BCUT2D eigenvalue weighted by Gasteiger charge is 2.28. The number of hydrogen-bond acceptors (Lipinski definition) is 3. The van der Waals surface area contributed by atoms with Gasteiger partial charge in [-0.1, -0.05) is 24.3 Å². The minimum Gasteiger partial charge on any atom is -0.481 e. The van der Waals surface area contributed by atoms with Crippen molar-refractivity contribution in [3.8, 4) is 5.75 Å². The van der Waals surface area contributed by atoms with Crippen molar-refractivity contribution in [2.45, 2.75) is 26.0 Å². The smallest absolute Gasteiger partial charge is 0.171 e. The van der Waals surface area contributed by atoms with Crippen molar-refractivity contribution in [1.29, 1.82) is 0 Å². The van der Waals surface area contributed by atoms with E-state index in [1.807, 2.05) is 38.4 Å². The molecule has 0 fully saturated rings. The van der Waals surface area contributed by atoms with Crippen molar-refractivity contribution in [3.63, 3.8) is 0 Å². The maximum Gasteiger partial charge on any atom is 0.171 e. The standard InChI is InChI=1S/C21H25F3N2O/c1-14-20(23)17(22)11-18(21(14)24)27-19-13-26(10-6-9-25(2)3)12-15-7-4-5-8-16(15)19/h4-5,7-8,11,19H,6,9-10,12-13H2,1-3H3. The Bertz CT molecular complexity index is 810. The molecule has 0 aliphatic carbocycles. The molecule has 0 spiro atoms. The third-order valence-corrected chi connectivity index (χ3v) is 4.91. The van der Waals surface area contributed by atoms with Crippen molar-refractivity contribution in [2.24, 2.45) is 0 Å². The lowest BCUT2D eigenvalue weighted by molar-refractivity contribution is 0.104. The fourth-order valence-corrected chi connectivity index (χ4v) is 3.45. The Labute approximate surface area is 158 Å². The van der Waals surface area contributed by atoms with Gasteiger partial charge in [-0.2, -0.15) is 0 Å². The van der Waals surface area contributed by atoms with Gasteiger partial charge in [0.1, 0.15) is 6.10 Å². The second-order valence-corrected chi connectivity index (χ2v) is 7.31. The Balaban J connectivity index is 1.83. The summed E-state index contributed by atoms with van der Waals surface area (Å²) in [6, 6.07) is 8.63. The van der Waals surface area contributed by atoms with Gasteiger partial charge in [-0.3, -0.25) is 4.90 Å². The van der Waals surface area contributed by atoms with Crippen molar-refractivity contribution in [3.05, 3.63) is 64.5 Å². The van der Waals surface area contributed by atoms with E-state index >= 15 is 0 Å². The second-order valence-electron chi connectivity index (χ2n) is 7.31. The topological polar surface area (TPSA) is 15.7 Å². The predicted octanol–water partition coefficient (Wildman–Crippen LogP) is 4.30. The monoisotopic (exact) mass is 378 g/mol. The third-order valence-electron chi connectivity index (χ3n) is 4.91. The lowest BCUT2D eigenvalue weighted by Gasteiger charge is -2.35. The van der Waals surface area contributed by atoms with Crippen LogP contribution in [0, 0.1) is 24.4 Å². The van der Waals surface area contributed by atoms with Gasteiger partial charge >= 0.3 is 0 Å². The fraction of sp³-hybridized carbons (Fsp3) is 0.429. The maximum atomic E-state index is 14.4. The van der Waals surface area contributed by atoms with Crippen LogP contribution >= 0.6 is 0 Å². The quantitative estimate of drug-likeness (QED) is 0.697. The summed E-state index contributed by atoms with van der Waals surface area (Å²) in [6.45, 7) is 4.43. The van der Waals surface area contributed by atoms with Gasteiger partial charge in [0, 0.05) is 24.7 Å². The Hall–Kier alpha value is -2.05. The maximum absolute atomic E-state index is 14.4. The summed E-state index contributed by atoms with van der Waals surface area (Å²) in [4.78, 5) is 4.38. The fourth-order valence-electron chi connectivity index (χ4n) is 3.45. The largest absolute Gasteiger partial charge is 0.481 e. The number of halogens is 3. The van der Waals surface area contributed by atoms with Gasteiger partial charge in [-0.05, 0) is 51.7 Å². The average Bonchev–Trinajstić information content (AvgIpc) is 2.64. The van der Waals surface area contributed by atoms with E-state index in [1.165, 1.54) is 6.92 Å². The number of hydrogen-bond donors (Lipinski definition) is 0. The van der Waals surface area contributed by atoms with E-state index in [0.717, 1.165) is 43.2 Å². The van der Waals surface area contributed by atoms with Gasteiger partial charge in [-0.25, -0.2) is 13.2 Å². The molecular weight excluding hydrogens is 353 g/mol. The number of ether oxygens (including phenoxy) is 1. The first kappa shape index (κ1) is 19.7. The summed E-state index contributed by atoms with van der Waals surface area (Å²) in [5.41, 5.74) is 1.71. The molecule has 1 heterocycles. The first-order valence-electron chi connectivity index (χ1n) is 9.12. The number of nitrogens with zero attached hydrogens (tertiary/aromatic N) is 2. The molecule has 1 atom stereocenters. The molecular formula is C21H25F3N2O. The van der Waals surface area contributed by atoms with Gasteiger partial charge in [0.15, 0.2) is 23.2 Å². The number of benzene rings is 2. The highest BCUT2D eigenvalue weighted by atomic mass is 19.2. The zero-order valence-corrected chi connectivity index (χ0v) is 15.9. The molecule has 1 aliphatic rings. The van der Waals surface area contributed by atoms with E-state index < -0.39 is 23.6 Å². The van der Waals surface area contributed by atoms with Crippen LogP contribution in [0.5, 0.6) is 5.75 Å². The highest BCUT2D eigenvalue weighted by molar-refractivity contribution is 5.36. The normalized spacial score (nSPS) is 17.2. The SMILES string of the molecule is Cc1c(F)c(F)cc(OC2CN(CCCN(C)C)Cc3ccccc32)c1F. The molecule has 2 aromatic rings. The summed E-state index contributed by atoms with van der Waals surface area (Å²) < 4.78 is 47.6. The predicted molar refractivity (Wildman–Crippen MR) is 99.3 cm³/mol. The van der Waals surface area contributed by atoms with Crippen LogP contribution in [0.4, 0.5) is 13.2 Å². The Morgan fingerprint density at radius 1 is 1.15 bits per heavy atom. The molecule has 6 heteroatoms. The van der Waals surface area contributed by atoms with E-state index in [-0.39, 0.29) is 11.3 Å². The van der Waals surface area contributed by atoms with Crippen LogP contribution in [0.1, 0.15) is 29.2 Å². The van der Waals surface area contributed by atoms with Crippen LogP contribution in [-0.2, 0) is 6.54 Å². The molecule has 2 aromatic carbocycles. The number of rotatable bonds is 6. The first-order chi connectivity index (χ1) is 12.9. The first-order valence-corrected chi connectivity index (χ1v) is 9.12. The highest BCUT2D eigenvalue weighted by Crippen LogP contribution is 2.33. The summed E-state index contributed by atoms with van der Waals surface area (Å²) in [7, 11) is 4.07. The zero-order valence-electron chi connectivity index (χ0n) is 15.9. The molecule has 0 amide bonds. The average molecular weight is 378 g/mol. The minimum absolute atomic E-state index is 0.249. The van der Waals surface area contributed by atoms with Gasteiger partial charge in [-0.15, -0.1) is 0 Å². The van der Waals surface area contributed by atoms with Crippen molar-refractivity contribution >= 4 is 0 Å². The van der Waals surface area contributed by atoms with Crippen LogP contribution in [-0.4, -0.2) is 43.5 Å². The molecule has 146 valence electrons. The van der Waals surface area contributed by atoms with E-state index in [9.17, 15) is 13.2 Å². The Morgan fingerprint density at radius 2 is 1.89 bits per heavy atom. The molecule has 27 heavy (non-hydrogen) atoms. The van der Waals surface area contributed by atoms with Gasteiger partial charge in [0.2, 0.25) is 0 Å². The number of fused-ring (bicyclic) bond motifs is 1. The molecule has 0 saturated heterocycles. The molecule has 3 rings (SSSR count). The van der Waals surface area contributed by atoms with Gasteiger partial charge in [0.05, 0.1) is 0 Å². The molecule has 1 unspecified atom stereocenters. The summed E-state index contributed by atoms with van der Waals surface area (Å²) in [6.07, 6.45) is 0.564. The Morgan fingerprint density at radius 3 is 2.63 bits per heavy atom. The summed E-state index contributed by atoms with van der Waals surface area (Å²) in [5.74, 6) is -3.37. The molecule has 0 N–H and O–H groups in total. The molecule has 1 aliphatic heterocycles. The van der Waals surface area contributed by atoms with Crippen LogP contribution in [0.25, 0.3) is 0 Å². The van der Waals surface area contributed by atoms with E-state index in [4.69, 9.17) is 4.74 Å². The molecule has 3 nitrogen and oxygen atoms in total. The second kappa shape index (κ2) is 8.31. The van der Waals surface area contributed by atoms with Crippen LogP contribution in [0.3, 0.4) is 0 Å². The van der Waals surface area contributed by atoms with Gasteiger partial charge < -0.3 is 9.64 Å². The van der Waals surface area contributed by atoms with E-state index in [2.05, 4.69) is 9.80 Å². The van der Waals surface area contributed by atoms with Crippen LogP contribution < -0.4 is 4.74 Å². The van der Waals surface area contributed by atoms with Crippen molar-refractivity contribution in [1.82, 2.24) is 9.80 Å². The molecule has 0 saturated carbocycles. The van der Waals surface area contributed by atoms with Crippen molar-refractivity contribution < 1.29 is 17.9 Å².